The maximum Gasteiger partial charge on any atom is 0.262 e. The van der Waals surface area contributed by atoms with Crippen LogP contribution >= 0.6 is 11.6 Å². The van der Waals surface area contributed by atoms with Gasteiger partial charge in [0.25, 0.3) is 15.9 Å². The molecule has 0 atom stereocenters. The summed E-state index contributed by atoms with van der Waals surface area (Å²) in [4.78, 5) is 18.6. The van der Waals surface area contributed by atoms with Crippen LogP contribution in [0.2, 0.25) is 5.02 Å². The molecule has 10 heteroatoms. The van der Waals surface area contributed by atoms with Crippen LogP contribution in [0.3, 0.4) is 0 Å². The van der Waals surface area contributed by atoms with E-state index in [-0.39, 0.29) is 10.8 Å². The number of halogens is 1. The minimum absolute atomic E-state index is 0.00294. The van der Waals surface area contributed by atoms with Crippen molar-refractivity contribution in [3.8, 4) is 11.5 Å². The molecule has 0 saturated heterocycles. The molecule has 0 saturated carbocycles. The van der Waals surface area contributed by atoms with Crippen LogP contribution in [0.5, 0.6) is 11.5 Å². The van der Waals surface area contributed by atoms with Gasteiger partial charge in [-0.2, -0.15) is 0 Å². The Balaban J connectivity index is 1.58. The average Bonchev–Trinajstić information content (AvgIpc) is 2.68. The number of hydrogen-bond donors (Lipinski definition) is 2. The van der Waals surface area contributed by atoms with E-state index in [0.29, 0.717) is 48.3 Å². The van der Waals surface area contributed by atoms with Crippen molar-refractivity contribution in [2.24, 2.45) is 0 Å². The summed E-state index contributed by atoms with van der Waals surface area (Å²) in [5.41, 5.74) is 1.25. The van der Waals surface area contributed by atoms with Crippen molar-refractivity contribution < 1.29 is 27.5 Å². The first-order valence-corrected chi connectivity index (χ1v) is 10.3. The van der Waals surface area contributed by atoms with Crippen LogP contribution in [0.25, 0.3) is 0 Å². The molecule has 1 aliphatic rings. The molecule has 3 rings (SSSR count). The summed E-state index contributed by atoms with van der Waals surface area (Å²) >= 11 is 6.20. The third-order valence-corrected chi connectivity index (χ3v) is 5.54. The Labute approximate surface area is 167 Å². The number of hydrogen-bond acceptors (Lipinski definition) is 6. The van der Waals surface area contributed by atoms with Gasteiger partial charge in [-0.05, 0) is 48.4 Å². The SMILES string of the molecule is CONS(=O)(=O)c1ccc(C(=O)NCCc2cc(Cl)c3c(c2)OCCO3)cc1. The number of fused-ring (bicyclic) bond motifs is 1. The molecule has 0 aliphatic carbocycles. The zero-order valence-corrected chi connectivity index (χ0v) is 16.6. The van der Waals surface area contributed by atoms with Crippen molar-refractivity contribution >= 4 is 27.5 Å². The minimum atomic E-state index is -3.76. The molecule has 1 amide bonds. The highest BCUT2D eigenvalue weighted by Crippen LogP contribution is 2.38. The van der Waals surface area contributed by atoms with Gasteiger partial charge in [-0.1, -0.05) is 16.5 Å². The van der Waals surface area contributed by atoms with Gasteiger partial charge in [-0.15, -0.1) is 0 Å². The van der Waals surface area contributed by atoms with Crippen LogP contribution in [0.1, 0.15) is 15.9 Å². The first-order chi connectivity index (χ1) is 13.4. The highest BCUT2D eigenvalue weighted by atomic mass is 35.5. The Morgan fingerprint density at radius 1 is 1.18 bits per heavy atom. The number of rotatable bonds is 7. The monoisotopic (exact) mass is 426 g/mol. The Bertz CT molecular complexity index is 963. The van der Waals surface area contributed by atoms with E-state index in [2.05, 4.69) is 10.2 Å². The van der Waals surface area contributed by atoms with Gasteiger partial charge >= 0.3 is 0 Å². The zero-order chi connectivity index (χ0) is 20.1. The van der Waals surface area contributed by atoms with Gasteiger partial charge in [-0.3, -0.25) is 9.63 Å². The van der Waals surface area contributed by atoms with E-state index in [1.807, 2.05) is 11.0 Å². The zero-order valence-electron chi connectivity index (χ0n) is 15.0. The van der Waals surface area contributed by atoms with Crippen molar-refractivity contribution in [2.75, 3.05) is 26.9 Å². The van der Waals surface area contributed by atoms with Crippen LogP contribution in [-0.2, 0) is 21.3 Å². The predicted octanol–water partition coefficient (Wildman–Crippen LogP) is 1.92. The standard InChI is InChI=1S/C18H19ClN2O6S/c1-25-21-28(23,24)14-4-2-13(3-5-14)18(22)20-7-6-12-10-15(19)17-16(11-12)26-8-9-27-17/h2-5,10-11,21H,6-9H2,1H3,(H,20,22). The van der Waals surface area contributed by atoms with Gasteiger partial charge < -0.3 is 14.8 Å². The van der Waals surface area contributed by atoms with Gasteiger partial charge in [0.2, 0.25) is 0 Å². The Morgan fingerprint density at radius 2 is 1.89 bits per heavy atom. The molecule has 2 aromatic carbocycles. The predicted molar refractivity (Wildman–Crippen MR) is 102 cm³/mol. The van der Waals surface area contributed by atoms with E-state index < -0.39 is 10.0 Å². The highest BCUT2D eigenvalue weighted by Gasteiger charge is 2.17. The second-order valence-corrected chi connectivity index (χ2v) is 7.98. The molecule has 0 spiro atoms. The molecule has 0 unspecified atom stereocenters. The summed E-state index contributed by atoms with van der Waals surface area (Å²) in [6, 6.07) is 9.15. The van der Waals surface area contributed by atoms with Gasteiger partial charge in [-0.25, -0.2) is 8.42 Å². The number of ether oxygens (including phenoxy) is 2. The summed E-state index contributed by atoms with van der Waals surface area (Å²) in [6.45, 7) is 1.30. The number of amides is 1. The van der Waals surface area contributed by atoms with Gasteiger partial charge in [0, 0.05) is 12.1 Å². The number of benzene rings is 2. The smallest absolute Gasteiger partial charge is 0.262 e. The maximum atomic E-state index is 12.2. The fraction of sp³-hybridized carbons (Fsp3) is 0.278. The third-order valence-electron chi connectivity index (χ3n) is 3.98. The first-order valence-electron chi connectivity index (χ1n) is 8.42. The summed E-state index contributed by atoms with van der Waals surface area (Å²) in [5.74, 6) is 0.826. The number of sulfonamides is 1. The van der Waals surface area contributed by atoms with Gasteiger partial charge in [0.15, 0.2) is 11.5 Å². The lowest BCUT2D eigenvalue weighted by Gasteiger charge is -2.20. The molecule has 0 fully saturated rings. The lowest BCUT2D eigenvalue weighted by atomic mass is 10.1. The Kier molecular flexibility index (Phi) is 6.40. The van der Waals surface area contributed by atoms with E-state index in [9.17, 15) is 13.2 Å². The number of carbonyl (C=O) groups excluding carboxylic acids is 1. The van der Waals surface area contributed by atoms with Gasteiger partial charge in [0.05, 0.1) is 17.0 Å². The van der Waals surface area contributed by atoms with Crippen LogP contribution < -0.4 is 19.7 Å². The topological polar surface area (TPSA) is 103 Å². The number of carbonyl (C=O) groups is 1. The fourth-order valence-corrected chi connectivity index (χ4v) is 3.77. The molecule has 150 valence electrons. The summed E-state index contributed by atoms with van der Waals surface area (Å²) in [7, 11) is -2.55. The normalized spacial score (nSPS) is 13.2. The van der Waals surface area contributed by atoms with E-state index >= 15 is 0 Å². The van der Waals surface area contributed by atoms with Crippen molar-refractivity contribution in [2.45, 2.75) is 11.3 Å². The molecule has 1 heterocycles. The van der Waals surface area contributed by atoms with Crippen molar-refractivity contribution in [1.82, 2.24) is 10.2 Å². The molecular formula is C18H19ClN2O6S. The molecule has 0 bridgehead atoms. The van der Waals surface area contributed by atoms with E-state index in [1.54, 1.807) is 6.07 Å². The minimum Gasteiger partial charge on any atom is -0.486 e. The van der Waals surface area contributed by atoms with E-state index in [1.165, 1.54) is 31.4 Å². The first kappa shape index (κ1) is 20.4. The second kappa shape index (κ2) is 8.78. The third kappa shape index (κ3) is 4.74. The summed E-state index contributed by atoms with van der Waals surface area (Å²) < 4.78 is 34.6. The molecule has 2 N–H and O–H groups in total. The molecule has 28 heavy (non-hydrogen) atoms. The van der Waals surface area contributed by atoms with Gasteiger partial charge in [0.1, 0.15) is 13.2 Å². The fourth-order valence-electron chi connectivity index (χ4n) is 2.67. The Hall–Kier alpha value is -2.33. The highest BCUT2D eigenvalue weighted by molar-refractivity contribution is 7.89. The molecular weight excluding hydrogens is 408 g/mol. The largest absolute Gasteiger partial charge is 0.486 e. The molecule has 1 aliphatic heterocycles. The molecule has 8 nitrogen and oxygen atoms in total. The van der Waals surface area contributed by atoms with Crippen molar-refractivity contribution in [1.29, 1.82) is 0 Å². The second-order valence-electron chi connectivity index (χ2n) is 5.92. The summed E-state index contributed by atoms with van der Waals surface area (Å²) in [5, 5.41) is 3.26. The summed E-state index contributed by atoms with van der Waals surface area (Å²) in [6.07, 6.45) is 0.548. The average molecular weight is 427 g/mol. The molecule has 2 aromatic rings. The molecule has 0 aromatic heterocycles. The van der Waals surface area contributed by atoms with E-state index in [4.69, 9.17) is 21.1 Å². The molecule has 0 radical (unpaired) electrons. The van der Waals surface area contributed by atoms with Crippen molar-refractivity contribution in [3.05, 3.63) is 52.5 Å². The lowest BCUT2D eigenvalue weighted by molar-refractivity contribution is 0.0954. The number of nitrogens with one attached hydrogen (secondary N) is 2. The van der Waals surface area contributed by atoms with Crippen molar-refractivity contribution in [3.63, 3.8) is 0 Å². The van der Waals surface area contributed by atoms with Crippen LogP contribution in [0.15, 0.2) is 41.3 Å². The van der Waals surface area contributed by atoms with Crippen LogP contribution in [0, 0.1) is 0 Å². The van der Waals surface area contributed by atoms with Crippen LogP contribution in [-0.4, -0.2) is 41.2 Å². The maximum absolute atomic E-state index is 12.2. The lowest BCUT2D eigenvalue weighted by Crippen LogP contribution is -2.26. The van der Waals surface area contributed by atoms with E-state index in [0.717, 1.165) is 5.56 Å². The Morgan fingerprint density at radius 3 is 2.61 bits per heavy atom. The van der Waals surface area contributed by atoms with Crippen LogP contribution in [0.4, 0.5) is 0 Å². The quantitative estimate of drug-likeness (QED) is 0.656.